The first-order valence-corrected chi connectivity index (χ1v) is 7.60. The zero-order chi connectivity index (χ0) is 17.8. The zero-order valence-corrected chi connectivity index (χ0v) is 13.9. The molecule has 24 heavy (non-hydrogen) atoms. The Morgan fingerprint density at radius 2 is 1.96 bits per heavy atom. The number of aliphatic imine (C=N–C) groups is 1. The Labute approximate surface area is 140 Å². The van der Waals surface area contributed by atoms with E-state index < -0.39 is 12.8 Å². The molecule has 0 bridgehead atoms. The second kappa shape index (κ2) is 10.9. The third-order valence-electron chi connectivity index (χ3n) is 3.03. The summed E-state index contributed by atoms with van der Waals surface area (Å²) in [6.07, 6.45) is -3.44. The van der Waals surface area contributed by atoms with Gasteiger partial charge in [0, 0.05) is 33.9 Å². The number of methoxy groups -OCH3 is 1. The second-order valence-electron chi connectivity index (χ2n) is 5.13. The highest BCUT2D eigenvalue weighted by Crippen LogP contribution is 2.16. The summed E-state index contributed by atoms with van der Waals surface area (Å²) < 4.78 is 45.9. The van der Waals surface area contributed by atoms with Crippen molar-refractivity contribution in [2.75, 3.05) is 33.9 Å². The van der Waals surface area contributed by atoms with Crippen LogP contribution in [0.25, 0.3) is 0 Å². The Hall–Kier alpha value is -1.80. The molecule has 8 heteroatoms. The maximum atomic E-state index is 12.1. The molecular formula is C16H24F3N3O2. The van der Waals surface area contributed by atoms with Gasteiger partial charge in [-0.1, -0.05) is 24.3 Å². The van der Waals surface area contributed by atoms with Gasteiger partial charge in [-0.15, -0.1) is 0 Å². The molecule has 5 nitrogen and oxygen atoms in total. The van der Waals surface area contributed by atoms with E-state index in [1.54, 1.807) is 26.3 Å². The minimum Gasteiger partial charge on any atom is -0.385 e. The van der Waals surface area contributed by atoms with Crippen molar-refractivity contribution in [3.05, 3.63) is 35.4 Å². The first kappa shape index (κ1) is 20.2. The van der Waals surface area contributed by atoms with Crippen molar-refractivity contribution in [2.45, 2.75) is 25.7 Å². The van der Waals surface area contributed by atoms with E-state index in [2.05, 4.69) is 20.4 Å². The van der Waals surface area contributed by atoms with Crippen LogP contribution < -0.4 is 10.6 Å². The van der Waals surface area contributed by atoms with Crippen molar-refractivity contribution >= 4 is 5.96 Å². The van der Waals surface area contributed by atoms with Gasteiger partial charge in [0.25, 0.3) is 0 Å². The molecule has 0 aliphatic heterocycles. The van der Waals surface area contributed by atoms with Crippen molar-refractivity contribution in [3.63, 3.8) is 0 Å². The lowest BCUT2D eigenvalue weighted by atomic mass is 10.1. The fourth-order valence-corrected chi connectivity index (χ4v) is 1.94. The molecule has 1 aromatic carbocycles. The number of halogens is 3. The van der Waals surface area contributed by atoms with Crippen molar-refractivity contribution in [2.24, 2.45) is 4.99 Å². The Kier molecular flexibility index (Phi) is 9.18. The van der Waals surface area contributed by atoms with Crippen LogP contribution in [-0.2, 0) is 22.6 Å². The molecule has 0 aliphatic carbocycles. The van der Waals surface area contributed by atoms with Gasteiger partial charge >= 0.3 is 6.18 Å². The van der Waals surface area contributed by atoms with Crippen LogP contribution in [0.3, 0.4) is 0 Å². The van der Waals surface area contributed by atoms with Gasteiger partial charge in [0.15, 0.2) is 5.96 Å². The first-order chi connectivity index (χ1) is 11.4. The van der Waals surface area contributed by atoms with E-state index >= 15 is 0 Å². The van der Waals surface area contributed by atoms with Crippen LogP contribution in [0.1, 0.15) is 17.5 Å². The van der Waals surface area contributed by atoms with Crippen LogP contribution in [0, 0.1) is 0 Å². The second-order valence-corrected chi connectivity index (χ2v) is 5.13. The number of hydrogen-bond donors (Lipinski definition) is 2. The Balaban J connectivity index is 2.40. The van der Waals surface area contributed by atoms with Crippen molar-refractivity contribution in [1.82, 2.24) is 10.6 Å². The number of benzene rings is 1. The molecule has 0 saturated carbocycles. The minimum atomic E-state index is -4.31. The van der Waals surface area contributed by atoms with E-state index in [0.717, 1.165) is 18.5 Å². The summed E-state index contributed by atoms with van der Waals surface area (Å²) in [4.78, 5) is 4.10. The summed E-state index contributed by atoms with van der Waals surface area (Å²) in [5.41, 5.74) is 1.63. The van der Waals surface area contributed by atoms with Gasteiger partial charge in [0.2, 0.25) is 0 Å². The van der Waals surface area contributed by atoms with Crippen molar-refractivity contribution in [3.8, 4) is 0 Å². The molecule has 1 rings (SSSR count). The van der Waals surface area contributed by atoms with Crippen LogP contribution in [0.2, 0.25) is 0 Å². The van der Waals surface area contributed by atoms with E-state index in [1.165, 1.54) is 0 Å². The van der Waals surface area contributed by atoms with Gasteiger partial charge in [-0.25, -0.2) is 0 Å². The van der Waals surface area contributed by atoms with Crippen molar-refractivity contribution in [1.29, 1.82) is 0 Å². The van der Waals surface area contributed by atoms with Gasteiger partial charge in [-0.3, -0.25) is 4.99 Å². The molecule has 136 valence electrons. The Morgan fingerprint density at radius 3 is 2.62 bits per heavy atom. The topological polar surface area (TPSA) is 54.9 Å². The zero-order valence-electron chi connectivity index (χ0n) is 13.9. The molecule has 1 aromatic rings. The monoisotopic (exact) mass is 347 g/mol. The van der Waals surface area contributed by atoms with Gasteiger partial charge in [0.1, 0.15) is 6.61 Å². The summed E-state index contributed by atoms with van der Waals surface area (Å²) in [6.45, 7) is 0.602. The normalized spacial score (nSPS) is 12.3. The van der Waals surface area contributed by atoms with Gasteiger partial charge in [-0.05, 0) is 17.5 Å². The average molecular weight is 347 g/mol. The van der Waals surface area contributed by atoms with Gasteiger partial charge in [-0.2, -0.15) is 13.2 Å². The summed E-state index contributed by atoms with van der Waals surface area (Å²) >= 11 is 0. The highest BCUT2D eigenvalue weighted by atomic mass is 19.4. The number of nitrogens with zero attached hydrogens (tertiary/aromatic N) is 1. The smallest absolute Gasteiger partial charge is 0.385 e. The lowest BCUT2D eigenvalue weighted by Gasteiger charge is -2.12. The number of guanidine groups is 1. The van der Waals surface area contributed by atoms with Crippen LogP contribution in [0.15, 0.2) is 29.3 Å². The molecular weight excluding hydrogens is 323 g/mol. The number of rotatable bonds is 9. The molecule has 0 atom stereocenters. The van der Waals surface area contributed by atoms with E-state index in [0.29, 0.717) is 24.7 Å². The Bertz CT molecular complexity index is 508. The fourth-order valence-electron chi connectivity index (χ4n) is 1.94. The summed E-state index contributed by atoms with van der Waals surface area (Å²) in [6, 6.07) is 7.22. The van der Waals surface area contributed by atoms with Gasteiger partial charge in [0.05, 0.1) is 6.61 Å². The predicted molar refractivity (Wildman–Crippen MR) is 86.8 cm³/mol. The van der Waals surface area contributed by atoms with Crippen LogP contribution >= 0.6 is 0 Å². The lowest BCUT2D eigenvalue weighted by molar-refractivity contribution is -0.176. The highest BCUT2D eigenvalue weighted by molar-refractivity contribution is 5.79. The molecule has 0 aromatic heterocycles. The number of hydrogen-bond acceptors (Lipinski definition) is 3. The molecule has 2 N–H and O–H groups in total. The fraction of sp³-hybridized carbons (Fsp3) is 0.562. The maximum absolute atomic E-state index is 12.1. The summed E-state index contributed by atoms with van der Waals surface area (Å²) in [7, 11) is 3.32. The van der Waals surface area contributed by atoms with E-state index in [1.807, 2.05) is 12.1 Å². The molecule has 0 fully saturated rings. The predicted octanol–water partition coefficient (Wildman–Crippen LogP) is 2.47. The molecule has 0 aliphatic rings. The van der Waals surface area contributed by atoms with Crippen LogP contribution in [0.4, 0.5) is 13.2 Å². The molecule has 0 unspecified atom stereocenters. The molecule has 0 heterocycles. The number of nitrogens with one attached hydrogen (secondary N) is 2. The molecule has 0 amide bonds. The summed E-state index contributed by atoms with van der Waals surface area (Å²) in [5, 5.41) is 6.30. The highest BCUT2D eigenvalue weighted by Gasteiger charge is 2.27. The van der Waals surface area contributed by atoms with E-state index in [4.69, 9.17) is 4.74 Å². The largest absolute Gasteiger partial charge is 0.411 e. The summed E-state index contributed by atoms with van der Waals surface area (Å²) in [5.74, 6) is 0.657. The third-order valence-corrected chi connectivity index (χ3v) is 3.03. The number of ether oxygens (including phenoxy) is 2. The Morgan fingerprint density at radius 1 is 1.21 bits per heavy atom. The van der Waals surface area contributed by atoms with Crippen LogP contribution in [-0.4, -0.2) is 46.1 Å². The first-order valence-electron chi connectivity index (χ1n) is 7.60. The number of alkyl halides is 3. The lowest BCUT2D eigenvalue weighted by Crippen LogP contribution is -2.37. The maximum Gasteiger partial charge on any atom is 0.411 e. The molecule has 0 spiro atoms. The standard InChI is InChI=1S/C16H24F3N3O2/c1-20-15(21-7-4-8-23-2)22-10-13-5-3-6-14(9-13)11-24-12-16(17,18)19/h3,5-6,9H,4,7-8,10-12H2,1-2H3,(H2,20,21,22). The average Bonchev–Trinajstić information content (AvgIpc) is 2.53. The molecule has 0 saturated heterocycles. The quantitative estimate of drug-likeness (QED) is 0.409. The van der Waals surface area contributed by atoms with Crippen molar-refractivity contribution < 1.29 is 22.6 Å². The molecule has 0 radical (unpaired) electrons. The van der Waals surface area contributed by atoms with Gasteiger partial charge < -0.3 is 20.1 Å². The third kappa shape index (κ3) is 9.36. The van der Waals surface area contributed by atoms with E-state index in [9.17, 15) is 13.2 Å². The van der Waals surface area contributed by atoms with Crippen LogP contribution in [0.5, 0.6) is 0 Å². The van der Waals surface area contributed by atoms with E-state index in [-0.39, 0.29) is 6.61 Å². The minimum absolute atomic E-state index is 0.0721. The SMILES string of the molecule is CN=C(NCCCOC)NCc1cccc(COCC(F)(F)F)c1.